The number of benzene rings is 1. The summed E-state index contributed by atoms with van der Waals surface area (Å²) in [5, 5.41) is 11.5. The number of allylic oxidation sites excluding steroid dienone is 1. The van der Waals surface area contributed by atoms with Gasteiger partial charge in [-0.15, -0.1) is 0 Å². The summed E-state index contributed by atoms with van der Waals surface area (Å²) in [6.45, 7) is 2.78. The van der Waals surface area contributed by atoms with Crippen LogP contribution >= 0.6 is 0 Å². The Hall–Kier alpha value is -3.15. The van der Waals surface area contributed by atoms with Gasteiger partial charge in [0, 0.05) is 53.8 Å². The predicted octanol–water partition coefficient (Wildman–Crippen LogP) is 7.42. The Kier molecular flexibility index (Phi) is 9.56. The van der Waals surface area contributed by atoms with E-state index in [9.17, 15) is 4.79 Å². The monoisotopic (exact) mass is 542 g/mol. The van der Waals surface area contributed by atoms with Crippen LogP contribution in [0.3, 0.4) is 0 Å². The molecule has 0 atom stereocenters. The number of anilines is 1. The Balaban J connectivity index is 1.31. The van der Waals surface area contributed by atoms with Gasteiger partial charge in [-0.1, -0.05) is 31.4 Å². The first-order valence-corrected chi connectivity index (χ1v) is 15.5. The van der Waals surface area contributed by atoms with Gasteiger partial charge in [-0.25, -0.2) is 0 Å². The molecule has 3 aliphatic carbocycles. The van der Waals surface area contributed by atoms with Crippen molar-refractivity contribution in [1.82, 2.24) is 10.3 Å². The highest BCUT2D eigenvalue weighted by Gasteiger charge is 2.31. The summed E-state index contributed by atoms with van der Waals surface area (Å²) < 4.78 is 5.41. The van der Waals surface area contributed by atoms with Crippen molar-refractivity contribution >= 4 is 23.4 Å². The Morgan fingerprint density at radius 3 is 2.45 bits per heavy atom. The summed E-state index contributed by atoms with van der Waals surface area (Å²) in [6.07, 6.45) is 17.0. The van der Waals surface area contributed by atoms with Crippen molar-refractivity contribution in [2.45, 2.75) is 95.9 Å². The number of carbonyl (C=O) groups excluding carboxylic acids is 1. The molecule has 1 amide bonds. The minimum Gasteiger partial charge on any atom is -0.495 e. The van der Waals surface area contributed by atoms with Crippen LogP contribution in [0.5, 0.6) is 5.75 Å². The number of pyridine rings is 1. The van der Waals surface area contributed by atoms with Crippen molar-refractivity contribution in [2.75, 3.05) is 18.6 Å². The lowest BCUT2D eigenvalue weighted by atomic mass is 9.79. The van der Waals surface area contributed by atoms with Crippen molar-refractivity contribution in [1.29, 1.82) is 5.41 Å². The van der Waals surface area contributed by atoms with Crippen molar-refractivity contribution < 1.29 is 9.53 Å². The third-order valence-corrected chi connectivity index (χ3v) is 9.43. The third-order valence-electron chi connectivity index (χ3n) is 9.43. The Labute approximate surface area is 240 Å². The summed E-state index contributed by atoms with van der Waals surface area (Å²) in [5.74, 6) is 2.20. The molecule has 214 valence electrons. The normalized spacial score (nSPS) is 22.3. The average Bonchev–Trinajstić information content (AvgIpc) is 2.97. The molecule has 0 radical (unpaired) electrons. The zero-order chi connectivity index (χ0) is 27.9. The van der Waals surface area contributed by atoms with E-state index in [1.54, 1.807) is 7.11 Å². The molecule has 0 saturated heterocycles. The molecule has 1 heterocycles. The van der Waals surface area contributed by atoms with Crippen molar-refractivity contribution in [3.63, 3.8) is 0 Å². The van der Waals surface area contributed by atoms with Gasteiger partial charge in [-0.05, 0) is 100 Å². The topological polar surface area (TPSA) is 78.3 Å². The maximum absolute atomic E-state index is 14.0. The lowest BCUT2D eigenvalue weighted by molar-refractivity contribution is -0.123. The van der Waals surface area contributed by atoms with Crippen LogP contribution in [-0.2, 0) is 4.79 Å². The smallest absolute Gasteiger partial charge is 0.230 e. The van der Waals surface area contributed by atoms with Gasteiger partial charge in [0.05, 0.1) is 12.8 Å². The lowest BCUT2D eigenvalue weighted by Crippen LogP contribution is -2.41. The zero-order valence-electron chi connectivity index (χ0n) is 24.3. The van der Waals surface area contributed by atoms with Crippen LogP contribution < -0.4 is 15.0 Å². The van der Waals surface area contributed by atoms with Crippen LogP contribution in [0.25, 0.3) is 5.57 Å². The highest BCUT2D eigenvalue weighted by Crippen LogP contribution is 2.38. The second-order valence-corrected chi connectivity index (χ2v) is 12.1. The molecule has 0 aliphatic heterocycles. The minimum atomic E-state index is 0.123. The molecule has 1 aromatic heterocycles. The second-order valence-electron chi connectivity index (χ2n) is 12.1. The summed E-state index contributed by atoms with van der Waals surface area (Å²) in [4.78, 5) is 20.9. The SMILES string of the molecule is COc1ccc(C2CCC(CN(C(=O)C3CCCCC3)c3cccc(/C(C=N)=C/NC4CCC4)c3)CC2)nc1C. The van der Waals surface area contributed by atoms with E-state index in [0.29, 0.717) is 23.8 Å². The number of ether oxygens (including phenoxy) is 1. The van der Waals surface area contributed by atoms with Gasteiger partial charge in [0.25, 0.3) is 0 Å². The highest BCUT2D eigenvalue weighted by atomic mass is 16.5. The number of carbonyl (C=O) groups is 1. The van der Waals surface area contributed by atoms with Gasteiger partial charge >= 0.3 is 0 Å². The lowest BCUT2D eigenvalue weighted by Gasteiger charge is -2.35. The van der Waals surface area contributed by atoms with E-state index in [1.165, 1.54) is 37.6 Å². The van der Waals surface area contributed by atoms with Crippen LogP contribution in [0.1, 0.15) is 99.9 Å². The molecule has 0 unspecified atom stereocenters. The first-order valence-electron chi connectivity index (χ1n) is 15.5. The van der Waals surface area contributed by atoms with Gasteiger partial charge in [0.2, 0.25) is 5.91 Å². The van der Waals surface area contributed by atoms with Crippen LogP contribution in [0.2, 0.25) is 0 Å². The average molecular weight is 543 g/mol. The van der Waals surface area contributed by atoms with Gasteiger partial charge in [-0.3, -0.25) is 9.78 Å². The first-order chi connectivity index (χ1) is 19.6. The summed E-state index contributed by atoms with van der Waals surface area (Å²) in [7, 11) is 1.69. The van der Waals surface area contributed by atoms with Crippen LogP contribution in [0, 0.1) is 24.2 Å². The zero-order valence-corrected chi connectivity index (χ0v) is 24.3. The molecule has 3 aliphatic rings. The molecule has 3 fully saturated rings. The van der Waals surface area contributed by atoms with E-state index in [4.69, 9.17) is 15.1 Å². The summed E-state index contributed by atoms with van der Waals surface area (Å²) >= 11 is 0. The molecule has 40 heavy (non-hydrogen) atoms. The Morgan fingerprint density at radius 2 is 1.80 bits per heavy atom. The van der Waals surface area contributed by atoms with E-state index in [-0.39, 0.29) is 5.92 Å². The quantitative estimate of drug-likeness (QED) is 0.306. The molecule has 2 N–H and O–H groups in total. The van der Waals surface area contributed by atoms with E-state index in [1.807, 2.05) is 25.3 Å². The number of aryl methyl sites for hydroxylation is 1. The standard InChI is InChI=1S/C34H46N4O2/c1-24-33(40-2)19-18-32(37-24)26-16-14-25(15-17-26)23-38(34(39)27-8-4-3-5-9-27)31-13-6-10-28(20-31)29(21-35)22-36-30-11-7-12-30/h6,10,13,18-22,25-27,30,35-36H,3-5,7-9,11-12,14-17,23H2,1-2H3/b29-22+,35-21?. The van der Waals surface area contributed by atoms with E-state index >= 15 is 0 Å². The van der Waals surface area contributed by atoms with E-state index < -0.39 is 0 Å². The number of methoxy groups -OCH3 is 1. The number of nitrogens with one attached hydrogen (secondary N) is 2. The molecule has 6 heteroatoms. The maximum Gasteiger partial charge on any atom is 0.230 e. The number of amides is 1. The Morgan fingerprint density at radius 1 is 1.02 bits per heavy atom. The molecule has 1 aromatic carbocycles. The van der Waals surface area contributed by atoms with Crippen molar-refractivity contribution in [3.05, 3.63) is 59.5 Å². The predicted molar refractivity (Wildman–Crippen MR) is 163 cm³/mol. The molecule has 2 aromatic rings. The summed E-state index contributed by atoms with van der Waals surface area (Å²) in [6, 6.07) is 13.0. The van der Waals surface area contributed by atoms with E-state index in [0.717, 1.165) is 86.2 Å². The van der Waals surface area contributed by atoms with Gasteiger partial charge in [0.15, 0.2) is 0 Å². The molecule has 0 bridgehead atoms. The summed E-state index contributed by atoms with van der Waals surface area (Å²) in [5.41, 5.74) is 4.94. The van der Waals surface area contributed by atoms with Crippen molar-refractivity contribution in [2.24, 2.45) is 11.8 Å². The van der Waals surface area contributed by atoms with Crippen molar-refractivity contribution in [3.8, 4) is 5.75 Å². The molecule has 3 saturated carbocycles. The molecular weight excluding hydrogens is 496 g/mol. The molecular formula is C34H46N4O2. The van der Waals surface area contributed by atoms with Crippen LogP contribution in [0.4, 0.5) is 5.69 Å². The fraction of sp³-hybridized carbons (Fsp3) is 0.559. The highest BCUT2D eigenvalue weighted by molar-refractivity contribution is 6.08. The van der Waals surface area contributed by atoms with Crippen LogP contribution in [-0.4, -0.2) is 36.8 Å². The maximum atomic E-state index is 14.0. The third kappa shape index (κ3) is 6.76. The largest absolute Gasteiger partial charge is 0.495 e. The van der Waals surface area contributed by atoms with Gasteiger partial charge < -0.3 is 20.4 Å². The van der Waals surface area contributed by atoms with Gasteiger partial charge in [0.1, 0.15) is 5.75 Å². The first kappa shape index (κ1) is 28.4. The number of hydrogen-bond donors (Lipinski definition) is 2. The molecule has 0 spiro atoms. The number of hydrogen-bond acceptors (Lipinski definition) is 5. The Bertz CT molecular complexity index is 1190. The fourth-order valence-electron chi connectivity index (χ4n) is 6.65. The minimum absolute atomic E-state index is 0.123. The number of aromatic nitrogens is 1. The molecule has 6 nitrogen and oxygen atoms in total. The van der Waals surface area contributed by atoms with E-state index in [2.05, 4.69) is 34.5 Å². The fourth-order valence-corrected chi connectivity index (χ4v) is 6.65. The molecule has 5 rings (SSSR count). The number of nitrogens with zero attached hydrogens (tertiary/aromatic N) is 2. The second kappa shape index (κ2) is 13.5. The number of rotatable bonds is 10. The van der Waals surface area contributed by atoms with Gasteiger partial charge in [-0.2, -0.15) is 0 Å². The van der Waals surface area contributed by atoms with Crippen LogP contribution in [0.15, 0.2) is 42.6 Å².